The largest absolute Gasteiger partial charge is 0.493 e. The first-order valence-corrected chi connectivity index (χ1v) is 12.9. The average Bonchev–Trinajstić information content (AvgIpc) is 3.09. The summed E-state index contributed by atoms with van der Waals surface area (Å²) in [5, 5.41) is 3.41. The predicted molar refractivity (Wildman–Crippen MR) is 137 cm³/mol. The lowest BCUT2D eigenvalue weighted by Gasteiger charge is -2.39. The molecule has 4 rings (SSSR count). The molecule has 1 saturated carbocycles. The van der Waals surface area contributed by atoms with E-state index in [4.69, 9.17) is 18.9 Å². The van der Waals surface area contributed by atoms with Gasteiger partial charge in [0.1, 0.15) is 6.10 Å². The van der Waals surface area contributed by atoms with Gasteiger partial charge in [-0.2, -0.15) is 0 Å². The number of ether oxygens (including phenoxy) is 4. The average molecular weight is 498 g/mol. The highest BCUT2D eigenvalue weighted by atomic mass is 16.5. The van der Waals surface area contributed by atoms with E-state index in [0.29, 0.717) is 34.8 Å². The van der Waals surface area contributed by atoms with Gasteiger partial charge < -0.3 is 24.3 Å². The summed E-state index contributed by atoms with van der Waals surface area (Å²) in [4.78, 5) is 27.4. The Bertz CT molecular complexity index is 1070. The number of carbonyl (C=O) groups excluding carboxylic acids is 2. The van der Waals surface area contributed by atoms with E-state index in [9.17, 15) is 9.59 Å². The van der Waals surface area contributed by atoms with E-state index in [1.54, 1.807) is 21.3 Å². The maximum Gasteiger partial charge on any atom is 0.337 e. The second-order valence-electron chi connectivity index (χ2n) is 10.9. The molecule has 1 N–H and O–H groups in total. The Morgan fingerprint density at radius 3 is 2.11 bits per heavy atom. The third kappa shape index (κ3) is 5.11. The number of allylic oxidation sites excluding steroid dienone is 3. The third-order valence-electron chi connectivity index (χ3n) is 7.56. The summed E-state index contributed by atoms with van der Waals surface area (Å²) in [5.41, 5.74) is 3.26. The van der Waals surface area contributed by atoms with Crippen molar-refractivity contribution < 1.29 is 28.5 Å². The van der Waals surface area contributed by atoms with Crippen LogP contribution >= 0.6 is 0 Å². The number of nitrogens with one attached hydrogen (secondary N) is 1. The number of dihydropyridines is 1. The fraction of sp³-hybridized carbons (Fsp3) is 0.586. The molecule has 1 fully saturated rings. The molecule has 0 bridgehead atoms. The number of methoxy groups -OCH3 is 3. The molecule has 2 aliphatic carbocycles. The number of hydrogen-bond donors (Lipinski definition) is 1. The maximum atomic E-state index is 13.8. The van der Waals surface area contributed by atoms with E-state index >= 15 is 0 Å². The van der Waals surface area contributed by atoms with Crippen molar-refractivity contribution in [2.45, 2.75) is 84.2 Å². The molecule has 1 aliphatic heterocycles. The molecule has 1 aromatic rings. The Hall–Kier alpha value is -2.96. The van der Waals surface area contributed by atoms with E-state index < -0.39 is 5.92 Å². The van der Waals surface area contributed by atoms with Gasteiger partial charge >= 0.3 is 5.97 Å². The summed E-state index contributed by atoms with van der Waals surface area (Å²) in [7, 11) is 4.67. The zero-order valence-corrected chi connectivity index (χ0v) is 22.4. The lowest BCUT2D eigenvalue weighted by atomic mass is 9.68. The summed E-state index contributed by atoms with van der Waals surface area (Å²) in [6.45, 7) is 6.09. The third-order valence-corrected chi connectivity index (χ3v) is 7.56. The Morgan fingerprint density at radius 1 is 0.944 bits per heavy atom. The van der Waals surface area contributed by atoms with Crippen LogP contribution in [0.25, 0.3) is 0 Å². The fourth-order valence-corrected chi connectivity index (χ4v) is 5.88. The molecule has 7 heteroatoms. The van der Waals surface area contributed by atoms with Gasteiger partial charge in [-0.1, -0.05) is 26.7 Å². The van der Waals surface area contributed by atoms with Crippen molar-refractivity contribution in [1.82, 2.24) is 5.32 Å². The Morgan fingerprint density at radius 2 is 1.56 bits per heavy atom. The number of Topliss-reactive ketones (excluding diaryl/α,β-unsaturated/α-hetero) is 1. The van der Waals surface area contributed by atoms with Crippen molar-refractivity contribution in [3.63, 3.8) is 0 Å². The minimum absolute atomic E-state index is 0.0415. The monoisotopic (exact) mass is 497 g/mol. The van der Waals surface area contributed by atoms with Gasteiger partial charge in [0.05, 0.1) is 26.9 Å². The van der Waals surface area contributed by atoms with E-state index in [2.05, 4.69) is 19.2 Å². The van der Waals surface area contributed by atoms with E-state index in [1.807, 2.05) is 19.1 Å². The van der Waals surface area contributed by atoms with Gasteiger partial charge in [0.25, 0.3) is 0 Å². The van der Waals surface area contributed by atoms with Crippen molar-refractivity contribution in [3.8, 4) is 17.2 Å². The number of esters is 1. The molecule has 7 nitrogen and oxygen atoms in total. The standard InChI is InChI=1S/C29H39NO6/c1-17-24(28(32)36-19-11-9-7-8-10-12-19)25(26-20(30-17)15-29(2,3)16-21(26)31)18-13-22(33-4)27(35-6)23(14-18)34-5/h13-14,19,25,30H,7-12,15-16H2,1-6H3. The smallest absolute Gasteiger partial charge is 0.337 e. The second kappa shape index (κ2) is 10.6. The molecule has 1 aromatic carbocycles. The van der Waals surface area contributed by atoms with Crippen LogP contribution < -0.4 is 19.5 Å². The first-order valence-electron chi connectivity index (χ1n) is 12.9. The topological polar surface area (TPSA) is 83.1 Å². The molecule has 0 saturated heterocycles. The van der Waals surface area contributed by atoms with Crippen LogP contribution in [0.3, 0.4) is 0 Å². The summed E-state index contributed by atoms with van der Waals surface area (Å²) in [6.07, 6.45) is 7.26. The van der Waals surface area contributed by atoms with Crippen molar-refractivity contribution >= 4 is 11.8 Å². The summed E-state index contributed by atoms with van der Waals surface area (Å²) in [5.74, 6) is 0.508. The lowest BCUT2D eigenvalue weighted by Crippen LogP contribution is -2.39. The molecule has 0 aromatic heterocycles. The molecule has 1 atom stereocenters. The highest BCUT2D eigenvalue weighted by Gasteiger charge is 2.44. The fourth-order valence-electron chi connectivity index (χ4n) is 5.88. The number of ketones is 1. The summed E-state index contributed by atoms with van der Waals surface area (Å²) >= 11 is 0. The van der Waals surface area contributed by atoms with Crippen LogP contribution in [0.1, 0.15) is 83.6 Å². The minimum atomic E-state index is -0.586. The first-order chi connectivity index (χ1) is 17.2. The SMILES string of the molecule is COc1cc(C2C(C(=O)OC3CCCCCC3)=C(C)NC3=C2C(=O)CC(C)(C)C3)cc(OC)c1OC. The normalized spacial score (nSPS) is 22.4. The van der Waals surface area contributed by atoms with Crippen LogP contribution in [0.15, 0.2) is 34.7 Å². The quantitative estimate of drug-likeness (QED) is 0.406. The molecule has 3 aliphatic rings. The van der Waals surface area contributed by atoms with Crippen LogP contribution in [0.4, 0.5) is 0 Å². The van der Waals surface area contributed by atoms with Crippen LogP contribution in [-0.2, 0) is 14.3 Å². The number of carbonyl (C=O) groups is 2. The highest BCUT2D eigenvalue weighted by molar-refractivity contribution is 6.04. The Kier molecular flexibility index (Phi) is 7.67. The highest BCUT2D eigenvalue weighted by Crippen LogP contribution is 2.49. The lowest BCUT2D eigenvalue weighted by molar-refractivity contribution is -0.145. The van der Waals surface area contributed by atoms with E-state index in [0.717, 1.165) is 49.1 Å². The van der Waals surface area contributed by atoms with Crippen LogP contribution in [-0.4, -0.2) is 39.2 Å². The van der Waals surface area contributed by atoms with Gasteiger partial charge in [-0.3, -0.25) is 4.79 Å². The van der Waals surface area contributed by atoms with Crippen LogP contribution in [0, 0.1) is 5.41 Å². The van der Waals surface area contributed by atoms with E-state index in [-0.39, 0.29) is 23.3 Å². The van der Waals surface area contributed by atoms with Gasteiger partial charge in [-0.25, -0.2) is 4.79 Å². The zero-order valence-electron chi connectivity index (χ0n) is 22.4. The van der Waals surface area contributed by atoms with Crippen molar-refractivity contribution in [2.24, 2.45) is 5.41 Å². The predicted octanol–water partition coefficient (Wildman–Crippen LogP) is 5.58. The van der Waals surface area contributed by atoms with Crippen molar-refractivity contribution in [2.75, 3.05) is 21.3 Å². The van der Waals surface area contributed by atoms with Crippen LogP contribution in [0.5, 0.6) is 17.2 Å². The molecule has 196 valence electrons. The molecule has 0 radical (unpaired) electrons. The van der Waals surface area contributed by atoms with Gasteiger partial charge in [0.15, 0.2) is 17.3 Å². The van der Waals surface area contributed by atoms with E-state index in [1.165, 1.54) is 12.8 Å². The molecular weight excluding hydrogens is 458 g/mol. The molecule has 36 heavy (non-hydrogen) atoms. The summed E-state index contributed by atoms with van der Waals surface area (Å²) in [6, 6.07) is 3.67. The molecule has 1 heterocycles. The maximum absolute atomic E-state index is 13.8. The van der Waals surface area contributed by atoms with Crippen molar-refractivity contribution in [1.29, 1.82) is 0 Å². The molecular formula is C29H39NO6. The number of hydrogen-bond acceptors (Lipinski definition) is 7. The Balaban J connectivity index is 1.83. The van der Waals surface area contributed by atoms with Crippen molar-refractivity contribution in [3.05, 3.63) is 40.2 Å². The minimum Gasteiger partial charge on any atom is -0.493 e. The van der Waals surface area contributed by atoms with Gasteiger partial charge in [0, 0.05) is 29.3 Å². The Labute approximate surface area is 214 Å². The second-order valence-corrected chi connectivity index (χ2v) is 10.9. The number of benzene rings is 1. The molecule has 1 unspecified atom stereocenters. The first kappa shape index (κ1) is 26.1. The van der Waals surface area contributed by atoms with Gasteiger partial charge in [0.2, 0.25) is 5.75 Å². The zero-order chi connectivity index (χ0) is 26.0. The number of rotatable bonds is 6. The van der Waals surface area contributed by atoms with Crippen LogP contribution in [0.2, 0.25) is 0 Å². The van der Waals surface area contributed by atoms with Gasteiger partial charge in [-0.15, -0.1) is 0 Å². The van der Waals surface area contributed by atoms with Gasteiger partial charge in [-0.05, 0) is 62.1 Å². The molecule has 0 amide bonds. The summed E-state index contributed by atoms with van der Waals surface area (Å²) < 4.78 is 22.8. The molecule has 0 spiro atoms.